The zero-order valence-electron chi connectivity index (χ0n) is 16.0. The van der Waals surface area contributed by atoms with Gasteiger partial charge in [0, 0.05) is 25.1 Å². The Morgan fingerprint density at radius 2 is 1.93 bits per heavy atom. The Kier molecular flexibility index (Phi) is 4.68. The molecule has 6 nitrogen and oxygen atoms in total. The third-order valence-corrected chi connectivity index (χ3v) is 5.37. The predicted octanol–water partition coefficient (Wildman–Crippen LogP) is 4.37. The maximum Gasteiger partial charge on any atom is 0.247 e. The molecule has 2 aromatic carbocycles. The summed E-state index contributed by atoms with van der Waals surface area (Å²) in [5.41, 5.74) is 2.58. The van der Waals surface area contributed by atoms with Crippen molar-refractivity contribution in [2.24, 2.45) is 0 Å². The summed E-state index contributed by atoms with van der Waals surface area (Å²) in [7, 11) is 0. The first-order chi connectivity index (χ1) is 14.3. The fraction of sp³-hybridized carbons (Fsp3) is 0.304. The van der Waals surface area contributed by atoms with Crippen molar-refractivity contribution in [3.63, 3.8) is 0 Å². The van der Waals surface area contributed by atoms with Crippen molar-refractivity contribution in [1.29, 1.82) is 0 Å². The van der Waals surface area contributed by atoms with Gasteiger partial charge >= 0.3 is 0 Å². The summed E-state index contributed by atoms with van der Waals surface area (Å²) in [4.78, 5) is 19.2. The molecular formula is C23H22N2O4. The molecular weight excluding hydrogens is 368 g/mol. The molecule has 0 radical (unpaired) electrons. The van der Waals surface area contributed by atoms with Crippen LogP contribution >= 0.6 is 0 Å². The van der Waals surface area contributed by atoms with E-state index in [1.165, 1.54) is 0 Å². The fourth-order valence-electron chi connectivity index (χ4n) is 3.96. The lowest BCUT2D eigenvalue weighted by atomic mass is 10.0. The number of benzene rings is 2. The van der Waals surface area contributed by atoms with Gasteiger partial charge in [-0.3, -0.25) is 4.79 Å². The smallest absolute Gasteiger partial charge is 0.247 e. The van der Waals surface area contributed by atoms with E-state index in [0.717, 1.165) is 48.4 Å². The van der Waals surface area contributed by atoms with Crippen LogP contribution in [0.15, 0.2) is 53.0 Å². The highest BCUT2D eigenvalue weighted by atomic mass is 16.5. The number of likely N-dealkylation sites (tertiary alicyclic amines) is 1. The summed E-state index contributed by atoms with van der Waals surface area (Å²) in [5.74, 6) is 1.94. The van der Waals surface area contributed by atoms with Crippen LogP contribution < -0.4 is 9.47 Å². The molecule has 1 amide bonds. The van der Waals surface area contributed by atoms with E-state index in [9.17, 15) is 4.79 Å². The average Bonchev–Trinajstić information content (AvgIpc) is 3.33. The molecule has 1 saturated heterocycles. The monoisotopic (exact) mass is 390 g/mol. The van der Waals surface area contributed by atoms with Gasteiger partial charge in [-0.15, -0.1) is 0 Å². The molecule has 3 aromatic rings. The quantitative estimate of drug-likeness (QED) is 0.622. The van der Waals surface area contributed by atoms with Crippen molar-refractivity contribution in [3.8, 4) is 11.5 Å². The lowest BCUT2D eigenvalue weighted by Gasteiger charge is -2.24. The Morgan fingerprint density at radius 1 is 1.07 bits per heavy atom. The van der Waals surface area contributed by atoms with Gasteiger partial charge in [0.1, 0.15) is 5.52 Å². The first kappa shape index (κ1) is 17.8. The molecule has 0 N–H and O–H groups in total. The highest BCUT2D eigenvalue weighted by molar-refractivity contribution is 5.92. The number of aromatic nitrogens is 1. The Morgan fingerprint density at radius 3 is 2.83 bits per heavy atom. The molecule has 1 aromatic heterocycles. The first-order valence-corrected chi connectivity index (χ1v) is 10.0. The normalized spacial score (nSPS) is 19.0. The zero-order chi connectivity index (χ0) is 19.6. The van der Waals surface area contributed by atoms with Crippen molar-refractivity contribution >= 4 is 23.1 Å². The van der Waals surface area contributed by atoms with E-state index >= 15 is 0 Å². The Balaban J connectivity index is 1.34. The summed E-state index contributed by atoms with van der Waals surface area (Å²) in [5, 5.41) is 0. The highest BCUT2D eigenvalue weighted by Gasteiger charge is 2.29. The van der Waals surface area contributed by atoms with Crippen LogP contribution in [0.5, 0.6) is 11.5 Å². The second kappa shape index (κ2) is 7.62. The minimum absolute atomic E-state index is 0.0351. The molecule has 3 heterocycles. The second-order valence-electron chi connectivity index (χ2n) is 7.30. The van der Waals surface area contributed by atoms with Crippen molar-refractivity contribution in [3.05, 3.63) is 60.0 Å². The number of nitrogens with zero attached hydrogens (tertiary/aromatic N) is 2. The summed E-state index contributed by atoms with van der Waals surface area (Å²) in [6.07, 6.45) is 5.97. The van der Waals surface area contributed by atoms with Gasteiger partial charge in [-0.2, -0.15) is 0 Å². The van der Waals surface area contributed by atoms with Crippen molar-refractivity contribution in [2.75, 3.05) is 19.8 Å². The number of ether oxygens (including phenoxy) is 2. The molecule has 1 fully saturated rings. The third kappa shape index (κ3) is 3.58. The van der Waals surface area contributed by atoms with Gasteiger partial charge in [0.2, 0.25) is 11.8 Å². The van der Waals surface area contributed by atoms with Crippen LogP contribution in [0.2, 0.25) is 0 Å². The number of amides is 1. The highest BCUT2D eigenvalue weighted by Crippen LogP contribution is 2.38. The number of fused-ring (bicyclic) bond motifs is 2. The van der Waals surface area contributed by atoms with Gasteiger partial charge in [0.15, 0.2) is 17.1 Å². The van der Waals surface area contributed by atoms with Crippen LogP contribution in [0.4, 0.5) is 0 Å². The van der Waals surface area contributed by atoms with Crippen LogP contribution in [0.1, 0.15) is 36.8 Å². The zero-order valence-corrected chi connectivity index (χ0v) is 16.0. The van der Waals surface area contributed by atoms with Crippen molar-refractivity contribution in [1.82, 2.24) is 9.88 Å². The van der Waals surface area contributed by atoms with E-state index in [0.29, 0.717) is 24.7 Å². The molecule has 148 valence electrons. The first-order valence-electron chi connectivity index (χ1n) is 10.0. The molecule has 0 saturated carbocycles. The third-order valence-electron chi connectivity index (χ3n) is 5.37. The molecule has 0 unspecified atom stereocenters. The maximum absolute atomic E-state index is 12.9. The van der Waals surface area contributed by atoms with Gasteiger partial charge in [-0.1, -0.05) is 18.2 Å². The second-order valence-corrected chi connectivity index (χ2v) is 7.30. The molecule has 0 aliphatic carbocycles. The number of oxazole rings is 1. The SMILES string of the molecule is O=C(/C=C/c1nc2ccccc2o1)N1CCC[C@@H]1c1ccc2c(c1)OCCCO2. The van der Waals surface area contributed by atoms with E-state index in [4.69, 9.17) is 13.9 Å². The molecule has 2 aliphatic heterocycles. The van der Waals surface area contributed by atoms with E-state index in [2.05, 4.69) is 4.98 Å². The van der Waals surface area contributed by atoms with Gasteiger partial charge in [-0.05, 0) is 42.7 Å². The molecule has 0 bridgehead atoms. The lowest BCUT2D eigenvalue weighted by Crippen LogP contribution is -2.28. The Bertz CT molecular complexity index is 1040. The lowest BCUT2D eigenvalue weighted by molar-refractivity contribution is -0.126. The van der Waals surface area contributed by atoms with Gasteiger partial charge in [0.25, 0.3) is 0 Å². The number of para-hydroxylation sites is 2. The van der Waals surface area contributed by atoms with Crippen LogP contribution in [0, 0.1) is 0 Å². The molecule has 0 spiro atoms. The Labute approximate surface area is 168 Å². The molecule has 6 heteroatoms. The summed E-state index contributed by atoms with van der Waals surface area (Å²) in [6.45, 7) is 2.05. The predicted molar refractivity (Wildman–Crippen MR) is 109 cm³/mol. The maximum atomic E-state index is 12.9. The van der Waals surface area contributed by atoms with Crippen LogP contribution in [-0.2, 0) is 4.79 Å². The number of carbonyl (C=O) groups is 1. The summed E-state index contributed by atoms with van der Waals surface area (Å²) >= 11 is 0. The number of hydrogen-bond donors (Lipinski definition) is 0. The largest absolute Gasteiger partial charge is 0.490 e. The Hall–Kier alpha value is -3.28. The average molecular weight is 390 g/mol. The van der Waals surface area contributed by atoms with Gasteiger partial charge < -0.3 is 18.8 Å². The van der Waals surface area contributed by atoms with Gasteiger partial charge in [-0.25, -0.2) is 4.98 Å². The van der Waals surface area contributed by atoms with Crippen LogP contribution in [0.25, 0.3) is 17.2 Å². The summed E-state index contributed by atoms with van der Waals surface area (Å²) < 4.78 is 17.2. The topological polar surface area (TPSA) is 64.8 Å². The van der Waals surface area contributed by atoms with Crippen LogP contribution in [0.3, 0.4) is 0 Å². The standard InChI is InChI=1S/C23H22N2O4/c26-23(11-10-22-24-17-5-1-2-7-19(17)29-22)25-12-3-6-18(25)16-8-9-20-21(15-16)28-14-4-13-27-20/h1-2,5,7-11,15,18H,3-4,6,12-14H2/b11-10+/t18-/m1/s1. The minimum atomic E-state index is -0.0399. The molecule has 29 heavy (non-hydrogen) atoms. The minimum Gasteiger partial charge on any atom is -0.490 e. The van der Waals surface area contributed by atoms with E-state index in [-0.39, 0.29) is 11.9 Å². The summed E-state index contributed by atoms with van der Waals surface area (Å²) in [6, 6.07) is 13.6. The van der Waals surface area contributed by atoms with Crippen molar-refractivity contribution < 1.29 is 18.7 Å². The van der Waals surface area contributed by atoms with E-state index in [1.54, 1.807) is 12.2 Å². The molecule has 2 aliphatic rings. The molecule has 1 atom stereocenters. The number of hydrogen-bond acceptors (Lipinski definition) is 5. The number of carbonyl (C=O) groups excluding carboxylic acids is 1. The fourth-order valence-corrected chi connectivity index (χ4v) is 3.96. The van der Waals surface area contributed by atoms with Crippen molar-refractivity contribution in [2.45, 2.75) is 25.3 Å². The van der Waals surface area contributed by atoms with Crippen LogP contribution in [-0.4, -0.2) is 35.5 Å². The van der Waals surface area contributed by atoms with E-state index < -0.39 is 0 Å². The number of rotatable bonds is 3. The van der Waals surface area contributed by atoms with E-state index in [1.807, 2.05) is 47.4 Å². The molecule has 5 rings (SSSR count). The van der Waals surface area contributed by atoms with Gasteiger partial charge in [0.05, 0.1) is 19.3 Å².